The highest BCUT2D eigenvalue weighted by molar-refractivity contribution is 5.94. The summed E-state index contributed by atoms with van der Waals surface area (Å²) in [4.78, 5) is 26.8. The van der Waals surface area contributed by atoms with Gasteiger partial charge in [-0.3, -0.25) is 14.6 Å². The van der Waals surface area contributed by atoms with E-state index in [0.29, 0.717) is 5.56 Å². The minimum atomic E-state index is -0.379. The molecule has 6 nitrogen and oxygen atoms in total. The number of nitrogens with one attached hydrogen (secondary N) is 1. The van der Waals surface area contributed by atoms with Crippen LogP contribution in [0.25, 0.3) is 0 Å². The molecule has 0 spiro atoms. The Hall–Kier alpha value is -2.76. The fourth-order valence-electron chi connectivity index (χ4n) is 1.41. The molecule has 96 valence electrons. The zero-order chi connectivity index (χ0) is 13.7. The summed E-state index contributed by atoms with van der Waals surface area (Å²) in [5.41, 5.74) is 3.36. The first-order valence-electron chi connectivity index (χ1n) is 5.57. The maximum atomic E-state index is 11.7. The first-order valence-corrected chi connectivity index (χ1v) is 5.57. The van der Waals surface area contributed by atoms with Gasteiger partial charge in [-0.2, -0.15) is 5.10 Å². The summed E-state index contributed by atoms with van der Waals surface area (Å²) in [6.45, 7) is 0. The molecule has 2 aromatic rings. The number of nitrogens with zero attached hydrogens (tertiary/aromatic N) is 3. The van der Waals surface area contributed by atoms with E-state index < -0.39 is 0 Å². The van der Waals surface area contributed by atoms with Crippen molar-refractivity contribution in [1.29, 1.82) is 0 Å². The molecule has 0 fully saturated rings. The number of aromatic nitrogens is 2. The minimum absolute atomic E-state index is 0.171. The molecule has 0 bridgehead atoms. The van der Waals surface area contributed by atoms with Crippen molar-refractivity contribution >= 4 is 12.1 Å². The second kappa shape index (κ2) is 5.72. The topological polar surface area (TPSA) is 76.3 Å². The van der Waals surface area contributed by atoms with E-state index in [1.165, 1.54) is 29.1 Å². The van der Waals surface area contributed by atoms with Crippen LogP contribution in [0.2, 0.25) is 0 Å². The van der Waals surface area contributed by atoms with Crippen molar-refractivity contribution in [2.75, 3.05) is 0 Å². The van der Waals surface area contributed by atoms with Crippen LogP contribution in [-0.4, -0.2) is 21.7 Å². The van der Waals surface area contributed by atoms with Crippen LogP contribution in [0.5, 0.6) is 0 Å². The second-order valence-electron chi connectivity index (χ2n) is 3.85. The molecule has 2 heterocycles. The summed E-state index contributed by atoms with van der Waals surface area (Å²) in [7, 11) is 1.58. The normalized spacial score (nSPS) is 10.6. The maximum Gasteiger partial charge on any atom is 0.272 e. The van der Waals surface area contributed by atoms with Crippen LogP contribution in [0, 0.1) is 0 Å². The van der Waals surface area contributed by atoms with Crippen molar-refractivity contribution in [3.8, 4) is 0 Å². The molecule has 0 unspecified atom stereocenters. The predicted octanol–water partition coefficient (Wildman–Crippen LogP) is 0.544. The first-order chi connectivity index (χ1) is 9.16. The van der Waals surface area contributed by atoms with Gasteiger partial charge in [-0.15, -0.1) is 0 Å². The van der Waals surface area contributed by atoms with E-state index >= 15 is 0 Å². The third-order valence-corrected chi connectivity index (χ3v) is 2.41. The molecule has 0 aliphatic heterocycles. The summed E-state index contributed by atoms with van der Waals surface area (Å²) in [5.74, 6) is -0.379. The van der Waals surface area contributed by atoms with Gasteiger partial charge >= 0.3 is 0 Å². The van der Waals surface area contributed by atoms with Crippen LogP contribution >= 0.6 is 0 Å². The standard InChI is InChI=1S/C13H12N4O2/c1-17-9-11(4-5-12(17)18)13(19)16-15-8-10-3-2-6-14-7-10/h2-9H,1H3,(H,16,19)/b15-8-. The highest BCUT2D eigenvalue weighted by Gasteiger charge is 2.04. The number of carbonyl (C=O) groups excluding carboxylic acids is 1. The fourth-order valence-corrected chi connectivity index (χ4v) is 1.41. The average Bonchev–Trinajstić information content (AvgIpc) is 2.43. The summed E-state index contributed by atoms with van der Waals surface area (Å²) in [6.07, 6.45) is 6.23. The van der Waals surface area contributed by atoms with Gasteiger partial charge in [-0.05, 0) is 12.1 Å². The van der Waals surface area contributed by atoms with E-state index in [1.54, 1.807) is 25.5 Å². The Morgan fingerprint density at radius 3 is 2.95 bits per heavy atom. The Kier molecular flexibility index (Phi) is 3.82. The van der Waals surface area contributed by atoms with Gasteiger partial charge in [0.1, 0.15) is 0 Å². The van der Waals surface area contributed by atoms with Crippen molar-refractivity contribution in [1.82, 2.24) is 15.0 Å². The minimum Gasteiger partial charge on any atom is -0.318 e. The van der Waals surface area contributed by atoms with Gasteiger partial charge in [-0.1, -0.05) is 6.07 Å². The summed E-state index contributed by atoms with van der Waals surface area (Å²) < 4.78 is 1.33. The van der Waals surface area contributed by atoms with E-state index in [2.05, 4.69) is 15.5 Å². The maximum absolute atomic E-state index is 11.7. The number of hydrogen-bond acceptors (Lipinski definition) is 4. The molecular weight excluding hydrogens is 244 g/mol. The van der Waals surface area contributed by atoms with Gasteiger partial charge in [0.2, 0.25) is 5.56 Å². The number of hydrogen-bond donors (Lipinski definition) is 1. The van der Waals surface area contributed by atoms with Gasteiger partial charge < -0.3 is 4.57 Å². The Bertz CT molecular complexity index is 662. The molecule has 0 aliphatic carbocycles. The molecule has 0 aromatic carbocycles. The number of rotatable bonds is 3. The van der Waals surface area contributed by atoms with Crippen LogP contribution in [0.4, 0.5) is 0 Å². The van der Waals surface area contributed by atoms with Gasteiger partial charge in [0.05, 0.1) is 11.8 Å². The number of carbonyl (C=O) groups is 1. The third kappa shape index (κ3) is 3.35. The monoisotopic (exact) mass is 256 g/mol. The van der Waals surface area contributed by atoms with Crippen molar-refractivity contribution < 1.29 is 4.79 Å². The quantitative estimate of drug-likeness (QED) is 0.643. The molecule has 6 heteroatoms. The van der Waals surface area contributed by atoms with Crippen LogP contribution in [0.15, 0.2) is 52.8 Å². The molecule has 19 heavy (non-hydrogen) atoms. The Balaban J connectivity index is 2.03. The van der Waals surface area contributed by atoms with E-state index in [1.807, 2.05) is 6.07 Å². The molecule has 0 radical (unpaired) electrons. The highest BCUT2D eigenvalue weighted by atomic mass is 16.2. The van der Waals surface area contributed by atoms with E-state index in [4.69, 9.17) is 0 Å². The molecule has 2 aromatic heterocycles. The molecule has 0 saturated carbocycles. The summed E-state index contributed by atoms with van der Waals surface area (Å²) in [5, 5.41) is 3.82. The lowest BCUT2D eigenvalue weighted by molar-refractivity contribution is 0.0954. The summed E-state index contributed by atoms with van der Waals surface area (Å²) in [6, 6.07) is 6.38. The van der Waals surface area contributed by atoms with Gasteiger partial charge in [0, 0.05) is 37.3 Å². The van der Waals surface area contributed by atoms with Crippen LogP contribution in [-0.2, 0) is 7.05 Å². The van der Waals surface area contributed by atoms with Crippen LogP contribution < -0.4 is 11.0 Å². The Labute approximate surface area is 109 Å². The van der Waals surface area contributed by atoms with Crippen molar-refractivity contribution in [3.05, 3.63) is 64.3 Å². The van der Waals surface area contributed by atoms with E-state index in [-0.39, 0.29) is 11.5 Å². The predicted molar refractivity (Wildman–Crippen MR) is 71.0 cm³/mol. The fraction of sp³-hybridized carbons (Fsp3) is 0.0769. The molecular formula is C13H12N4O2. The largest absolute Gasteiger partial charge is 0.318 e. The zero-order valence-corrected chi connectivity index (χ0v) is 10.3. The lowest BCUT2D eigenvalue weighted by Crippen LogP contribution is -2.22. The molecule has 2 rings (SSSR count). The van der Waals surface area contributed by atoms with Gasteiger partial charge in [0.15, 0.2) is 0 Å². The van der Waals surface area contributed by atoms with Crippen molar-refractivity contribution in [3.63, 3.8) is 0 Å². The molecule has 0 aliphatic rings. The van der Waals surface area contributed by atoms with Gasteiger partial charge in [0.25, 0.3) is 5.91 Å². The molecule has 1 N–H and O–H groups in total. The molecule has 0 saturated heterocycles. The first kappa shape index (κ1) is 12.7. The summed E-state index contributed by atoms with van der Waals surface area (Å²) >= 11 is 0. The van der Waals surface area contributed by atoms with Crippen molar-refractivity contribution in [2.24, 2.45) is 12.1 Å². The van der Waals surface area contributed by atoms with E-state index in [9.17, 15) is 9.59 Å². The number of hydrazone groups is 1. The Morgan fingerprint density at radius 1 is 1.42 bits per heavy atom. The van der Waals surface area contributed by atoms with Crippen LogP contribution in [0.3, 0.4) is 0 Å². The SMILES string of the molecule is Cn1cc(C(=O)N/N=C\c2cccnc2)ccc1=O. The third-order valence-electron chi connectivity index (χ3n) is 2.41. The second-order valence-corrected chi connectivity index (χ2v) is 3.85. The number of amides is 1. The zero-order valence-electron chi connectivity index (χ0n) is 10.3. The number of aryl methyl sites for hydroxylation is 1. The highest BCUT2D eigenvalue weighted by Crippen LogP contribution is 1.95. The lowest BCUT2D eigenvalue weighted by atomic mass is 10.3. The Morgan fingerprint density at radius 2 is 2.26 bits per heavy atom. The van der Waals surface area contributed by atoms with Gasteiger partial charge in [-0.25, -0.2) is 5.43 Å². The lowest BCUT2D eigenvalue weighted by Gasteiger charge is -2.01. The van der Waals surface area contributed by atoms with E-state index in [0.717, 1.165) is 5.56 Å². The van der Waals surface area contributed by atoms with Crippen LogP contribution in [0.1, 0.15) is 15.9 Å². The molecule has 1 amide bonds. The van der Waals surface area contributed by atoms with Crippen molar-refractivity contribution in [2.45, 2.75) is 0 Å². The molecule has 0 atom stereocenters. The average molecular weight is 256 g/mol. The smallest absolute Gasteiger partial charge is 0.272 e. The number of pyridine rings is 2.